The number of fused-ring (bicyclic) bond motifs is 7. The van der Waals surface area contributed by atoms with Crippen LogP contribution in [0.25, 0.3) is 0 Å². The Hall–Kier alpha value is -1.40. The van der Waals surface area contributed by atoms with Crippen LogP contribution in [0.4, 0.5) is 0 Å². The molecule has 11 atom stereocenters. The summed E-state index contributed by atoms with van der Waals surface area (Å²) in [6.07, 6.45) is 8.55. The van der Waals surface area contributed by atoms with E-state index in [4.69, 9.17) is 9.62 Å². The van der Waals surface area contributed by atoms with Crippen LogP contribution in [0.5, 0.6) is 0 Å². The van der Waals surface area contributed by atoms with Crippen molar-refractivity contribution in [3.8, 4) is 0 Å². The van der Waals surface area contributed by atoms with Crippen molar-refractivity contribution in [1.29, 1.82) is 0 Å². The van der Waals surface area contributed by atoms with Crippen LogP contribution in [0.3, 0.4) is 0 Å². The Labute approximate surface area is 228 Å². The van der Waals surface area contributed by atoms with Gasteiger partial charge in [-0.3, -0.25) is 14.8 Å². The van der Waals surface area contributed by atoms with E-state index in [1.54, 1.807) is 0 Å². The van der Waals surface area contributed by atoms with Crippen molar-refractivity contribution in [2.75, 3.05) is 0 Å². The monoisotopic (exact) mass is 530 g/mol. The molecule has 0 heterocycles. The molecule has 0 aromatic rings. The lowest BCUT2D eigenvalue weighted by molar-refractivity contribution is -0.323. The van der Waals surface area contributed by atoms with Gasteiger partial charge >= 0.3 is 11.9 Å². The van der Waals surface area contributed by atoms with E-state index in [2.05, 4.69) is 54.5 Å². The van der Waals surface area contributed by atoms with Gasteiger partial charge in [0.15, 0.2) is 0 Å². The molecule has 0 aromatic carbocycles. The SMILES string of the molecule is CC(=O)O[C@H]1CC[C@@]2(C)[C@H](CC[C@]3(C)[C@@H]2[C@H](OO)C=C2[C@H]4[C@@H](C)[C@H](C)CC[C@]4(C(=O)O)CC[C@]23C)C1(C)C. The molecule has 0 aliphatic heterocycles. The lowest BCUT2D eigenvalue weighted by Crippen LogP contribution is -2.68. The third-order valence-corrected chi connectivity index (χ3v) is 13.7. The smallest absolute Gasteiger partial charge is 0.310 e. The van der Waals surface area contributed by atoms with Gasteiger partial charge in [-0.1, -0.05) is 60.1 Å². The van der Waals surface area contributed by atoms with Gasteiger partial charge in [-0.15, -0.1) is 0 Å². The minimum Gasteiger partial charge on any atom is -0.481 e. The van der Waals surface area contributed by atoms with Gasteiger partial charge in [0.05, 0.1) is 5.41 Å². The third-order valence-electron chi connectivity index (χ3n) is 13.7. The Morgan fingerprint density at radius 1 is 0.947 bits per heavy atom. The lowest BCUT2D eigenvalue weighted by Gasteiger charge is -2.72. The van der Waals surface area contributed by atoms with Crippen LogP contribution in [0, 0.1) is 56.7 Å². The zero-order valence-electron chi connectivity index (χ0n) is 24.8. The van der Waals surface area contributed by atoms with Crippen molar-refractivity contribution in [3.63, 3.8) is 0 Å². The van der Waals surface area contributed by atoms with E-state index in [1.165, 1.54) is 12.5 Å². The second-order valence-electron chi connectivity index (χ2n) is 15.3. The van der Waals surface area contributed by atoms with E-state index in [0.29, 0.717) is 18.3 Å². The van der Waals surface area contributed by atoms with Gasteiger partial charge in [-0.05, 0) is 91.3 Å². The van der Waals surface area contributed by atoms with Gasteiger partial charge < -0.3 is 9.84 Å². The molecule has 6 nitrogen and oxygen atoms in total. The average Bonchev–Trinajstić information content (AvgIpc) is 2.83. The highest BCUT2D eigenvalue weighted by Crippen LogP contribution is 2.76. The number of esters is 1. The molecule has 0 bridgehead atoms. The van der Waals surface area contributed by atoms with E-state index in [0.717, 1.165) is 44.9 Å². The molecule has 0 radical (unpaired) electrons. The first-order valence-electron chi connectivity index (χ1n) is 15.0. The van der Waals surface area contributed by atoms with Gasteiger partial charge in [-0.2, -0.15) is 0 Å². The number of aliphatic carboxylic acids is 1. The van der Waals surface area contributed by atoms with Crippen molar-refractivity contribution in [2.45, 2.75) is 119 Å². The van der Waals surface area contributed by atoms with Crippen LogP contribution in [0.1, 0.15) is 107 Å². The van der Waals surface area contributed by atoms with Crippen molar-refractivity contribution < 1.29 is 29.6 Å². The number of allylic oxidation sites excluding steroid dienone is 1. The van der Waals surface area contributed by atoms with E-state index in [9.17, 15) is 20.0 Å². The molecule has 0 aromatic heterocycles. The summed E-state index contributed by atoms with van der Waals surface area (Å²) >= 11 is 0. The fourth-order valence-corrected chi connectivity index (χ4v) is 11.4. The van der Waals surface area contributed by atoms with Crippen molar-refractivity contribution in [2.24, 2.45) is 56.7 Å². The van der Waals surface area contributed by atoms with Crippen LogP contribution in [-0.4, -0.2) is 34.5 Å². The molecule has 0 unspecified atom stereocenters. The summed E-state index contributed by atoms with van der Waals surface area (Å²) in [5.74, 6) is 0.201. The predicted octanol–water partition coefficient (Wildman–Crippen LogP) is 7.13. The van der Waals surface area contributed by atoms with Crippen molar-refractivity contribution in [3.05, 3.63) is 11.6 Å². The summed E-state index contributed by atoms with van der Waals surface area (Å²) < 4.78 is 5.85. The fourth-order valence-electron chi connectivity index (χ4n) is 11.4. The molecule has 214 valence electrons. The topological polar surface area (TPSA) is 93.1 Å². The maximum absolute atomic E-state index is 12.9. The molecule has 0 spiro atoms. The second-order valence-corrected chi connectivity index (χ2v) is 15.3. The molecular formula is C32H50O6. The lowest BCUT2D eigenvalue weighted by atomic mass is 9.33. The van der Waals surface area contributed by atoms with Gasteiger partial charge in [0.1, 0.15) is 12.2 Å². The van der Waals surface area contributed by atoms with Crippen LogP contribution in [0.15, 0.2) is 11.6 Å². The summed E-state index contributed by atoms with van der Waals surface area (Å²) in [6, 6.07) is 0. The second kappa shape index (κ2) is 8.80. The molecule has 0 saturated heterocycles. The Morgan fingerprint density at radius 2 is 1.63 bits per heavy atom. The van der Waals surface area contributed by atoms with Gasteiger partial charge in [0.2, 0.25) is 0 Å². The predicted molar refractivity (Wildman–Crippen MR) is 145 cm³/mol. The maximum atomic E-state index is 12.9. The van der Waals surface area contributed by atoms with Gasteiger partial charge in [0.25, 0.3) is 0 Å². The van der Waals surface area contributed by atoms with Gasteiger partial charge in [-0.25, -0.2) is 4.89 Å². The number of ether oxygens (including phenoxy) is 1. The highest BCUT2D eigenvalue weighted by Gasteiger charge is 2.71. The number of carbonyl (C=O) groups is 2. The van der Waals surface area contributed by atoms with E-state index >= 15 is 0 Å². The Morgan fingerprint density at radius 3 is 2.24 bits per heavy atom. The first kappa shape index (κ1) is 28.1. The zero-order chi connectivity index (χ0) is 28.1. The van der Waals surface area contributed by atoms with Crippen molar-refractivity contribution >= 4 is 11.9 Å². The zero-order valence-corrected chi connectivity index (χ0v) is 24.8. The van der Waals surface area contributed by atoms with E-state index < -0.39 is 17.5 Å². The van der Waals surface area contributed by atoms with Crippen LogP contribution in [-0.2, 0) is 19.2 Å². The molecule has 38 heavy (non-hydrogen) atoms. The summed E-state index contributed by atoms with van der Waals surface area (Å²) in [7, 11) is 0. The largest absolute Gasteiger partial charge is 0.481 e. The summed E-state index contributed by atoms with van der Waals surface area (Å²) in [5, 5.41) is 21.1. The quantitative estimate of drug-likeness (QED) is 0.174. The van der Waals surface area contributed by atoms with E-state index in [1.807, 2.05) is 0 Å². The third kappa shape index (κ3) is 3.44. The van der Waals surface area contributed by atoms with Crippen LogP contribution in [0.2, 0.25) is 0 Å². The molecule has 5 aliphatic carbocycles. The average molecular weight is 531 g/mol. The maximum Gasteiger partial charge on any atom is 0.310 e. The molecule has 4 fully saturated rings. The molecule has 5 rings (SSSR count). The minimum atomic E-state index is -0.730. The number of hydrogen-bond acceptors (Lipinski definition) is 5. The van der Waals surface area contributed by atoms with Gasteiger partial charge in [0, 0.05) is 18.3 Å². The molecule has 2 N–H and O–H groups in total. The molecule has 4 saturated carbocycles. The highest BCUT2D eigenvalue weighted by atomic mass is 17.1. The summed E-state index contributed by atoms with van der Waals surface area (Å²) in [5.41, 5.74) is -0.108. The first-order valence-corrected chi connectivity index (χ1v) is 15.0. The summed E-state index contributed by atoms with van der Waals surface area (Å²) in [6.45, 7) is 17.7. The highest BCUT2D eigenvalue weighted by molar-refractivity contribution is 5.76. The van der Waals surface area contributed by atoms with Crippen molar-refractivity contribution in [1.82, 2.24) is 0 Å². The Kier molecular flexibility index (Phi) is 6.52. The number of carbonyl (C=O) groups excluding carboxylic acids is 1. The summed E-state index contributed by atoms with van der Waals surface area (Å²) in [4.78, 5) is 30.3. The Balaban J connectivity index is 1.64. The van der Waals surface area contributed by atoms with Crippen LogP contribution >= 0.6 is 0 Å². The minimum absolute atomic E-state index is 0.0420. The van der Waals surface area contributed by atoms with Crippen LogP contribution < -0.4 is 0 Å². The van der Waals surface area contributed by atoms with E-state index in [-0.39, 0.29) is 51.5 Å². The molecular weight excluding hydrogens is 480 g/mol. The standard InChI is InChI=1S/C32H50O6/c1-18-9-14-32(27(34)35)16-15-30(7)21(25(32)19(18)2)17-22(38-36)26-29(6)12-11-24(37-20(3)33)28(4,5)23(29)10-13-31(26,30)8/h17-19,22-26,36H,9-16H2,1-8H3,(H,34,35)/t18-,19+,22-,23-,24+,25-,26-,29+,30-,31-,32+/m1/s1. The number of rotatable bonds is 3. The number of carboxylic acid groups (broad SMARTS) is 1. The normalized spacial score (nSPS) is 51.4. The fraction of sp³-hybridized carbons (Fsp3) is 0.875. The molecule has 6 heteroatoms. The number of hydrogen-bond donors (Lipinski definition) is 2. The Bertz CT molecular complexity index is 1030. The first-order chi connectivity index (χ1) is 17.6. The number of carboxylic acids is 1. The molecule has 5 aliphatic rings. The molecule has 0 amide bonds.